The van der Waals surface area contributed by atoms with Crippen LogP contribution in [-0.2, 0) is 0 Å². The van der Waals surface area contributed by atoms with Gasteiger partial charge in [0.25, 0.3) is 5.91 Å². The van der Waals surface area contributed by atoms with Crippen molar-refractivity contribution in [3.8, 4) is 5.75 Å². The molecule has 0 spiro atoms. The second-order valence-corrected chi connectivity index (χ2v) is 6.10. The van der Waals surface area contributed by atoms with E-state index in [0.29, 0.717) is 18.7 Å². The van der Waals surface area contributed by atoms with Crippen molar-refractivity contribution in [1.82, 2.24) is 16.0 Å². The first-order chi connectivity index (χ1) is 11.7. The van der Waals surface area contributed by atoms with E-state index in [1.54, 1.807) is 38.4 Å². The maximum absolute atomic E-state index is 12.0. The number of hydrogen-bond acceptors (Lipinski definition) is 4. The molecule has 0 aromatic heterocycles. The van der Waals surface area contributed by atoms with Gasteiger partial charge in [0.05, 0.1) is 7.11 Å². The highest BCUT2D eigenvalue weighted by atomic mass is 127. The van der Waals surface area contributed by atoms with Gasteiger partial charge in [-0.2, -0.15) is 11.8 Å². The molecule has 1 amide bonds. The maximum Gasteiger partial charge on any atom is 0.251 e. The number of carbonyl (C=O) groups is 1. The summed E-state index contributed by atoms with van der Waals surface area (Å²) >= 11 is 1.87. The lowest BCUT2D eigenvalue weighted by atomic mass is 10.2. The lowest BCUT2D eigenvalue weighted by Crippen LogP contribution is -2.41. The predicted octanol–water partition coefficient (Wildman–Crippen LogP) is 2.35. The first kappa shape index (κ1) is 23.8. The number of halogens is 1. The minimum atomic E-state index is -0.0977. The molecule has 0 saturated carbocycles. The van der Waals surface area contributed by atoms with Crippen molar-refractivity contribution in [2.75, 3.05) is 45.8 Å². The van der Waals surface area contributed by atoms with Crippen LogP contribution in [0.2, 0.25) is 0 Å². The molecule has 0 bridgehead atoms. The third kappa shape index (κ3) is 10.4. The highest BCUT2D eigenvalue weighted by molar-refractivity contribution is 14.0. The zero-order chi connectivity index (χ0) is 17.6. The summed E-state index contributed by atoms with van der Waals surface area (Å²) in [6, 6.07) is 7.04. The summed E-state index contributed by atoms with van der Waals surface area (Å²) in [6.07, 6.45) is 4.44. The highest BCUT2D eigenvalue weighted by Crippen LogP contribution is 2.10. The second kappa shape index (κ2) is 15.1. The molecule has 0 fully saturated rings. The number of carbonyl (C=O) groups excluding carboxylic acids is 1. The summed E-state index contributed by atoms with van der Waals surface area (Å²) in [6.45, 7) is 2.04. The fourth-order valence-electron chi connectivity index (χ4n) is 2.00. The summed E-state index contributed by atoms with van der Waals surface area (Å²) in [7, 11) is 3.34. The van der Waals surface area contributed by atoms with Crippen molar-refractivity contribution in [2.24, 2.45) is 4.99 Å². The minimum absolute atomic E-state index is 0. The Morgan fingerprint density at radius 3 is 2.32 bits per heavy atom. The molecule has 0 unspecified atom stereocenters. The molecule has 0 aliphatic carbocycles. The number of nitrogens with one attached hydrogen (secondary N) is 3. The van der Waals surface area contributed by atoms with Gasteiger partial charge >= 0.3 is 0 Å². The maximum atomic E-state index is 12.0. The normalized spacial score (nSPS) is 10.6. The van der Waals surface area contributed by atoms with Crippen molar-refractivity contribution in [3.05, 3.63) is 29.8 Å². The third-order valence-corrected chi connectivity index (χ3v) is 4.04. The van der Waals surface area contributed by atoms with Crippen molar-refractivity contribution >= 4 is 47.6 Å². The van der Waals surface area contributed by atoms with Crippen molar-refractivity contribution in [3.63, 3.8) is 0 Å². The molecule has 0 radical (unpaired) electrons. The smallest absolute Gasteiger partial charge is 0.251 e. The van der Waals surface area contributed by atoms with Crippen LogP contribution in [-0.4, -0.2) is 57.7 Å². The number of guanidine groups is 1. The molecule has 6 nitrogen and oxygen atoms in total. The number of methoxy groups -OCH3 is 1. The molecule has 1 aromatic carbocycles. The van der Waals surface area contributed by atoms with Crippen LogP contribution in [0, 0.1) is 0 Å². The van der Waals surface area contributed by atoms with E-state index in [0.717, 1.165) is 24.7 Å². The lowest BCUT2D eigenvalue weighted by Gasteiger charge is -2.12. The van der Waals surface area contributed by atoms with E-state index in [4.69, 9.17) is 4.74 Å². The van der Waals surface area contributed by atoms with Gasteiger partial charge in [0.15, 0.2) is 5.96 Å². The van der Waals surface area contributed by atoms with E-state index in [-0.39, 0.29) is 29.9 Å². The molecule has 8 heteroatoms. The monoisotopic (exact) mass is 480 g/mol. The quantitative estimate of drug-likeness (QED) is 0.208. The fourth-order valence-corrected chi connectivity index (χ4v) is 2.49. The van der Waals surface area contributed by atoms with E-state index >= 15 is 0 Å². The number of aliphatic imine (C=N–C) groups is 1. The number of hydrogen-bond donors (Lipinski definition) is 3. The van der Waals surface area contributed by atoms with Crippen LogP contribution in [0.5, 0.6) is 5.75 Å². The zero-order valence-electron chi connectivity index (χ0n) is 15.1. The van der Waals surface area contributed by atoms with Gasteiger partial charge in [0.1, 0.15) is 5.75 Å². The Bertz CT molecular complexity index is 512. The van der Waals surface area contributed by atoms with E-state index in [2.05, 4.69) is 27.2 Å². The SMILES string of the molecule is CN=C(NCCCCSC)NCCNC(=O)c1ccc(OC)cc1.I. The summed E-state index contributed by atoms with van der Waals surface area (Å²) in [5.74, 6) is 2.59. The second-order valence-electron chi connectivity index (χ2n) is 5.11. The number of ether oxygens (including phenoxy) is 1. The summed E-state index contributed by atoms with van der Waals surface area (Å²) < 4.78 is 5.08. The molecular formula is C17H29IN4O2S. The molecule has 0 heterocycles. The fraction of sp³-hybridized carbons (Fsp3) is 0.529. The lowest BCUT2D eigenvalue weighted by molar-refractivity contribution is 0.0954. The van der Waals surface area contributed by atoms with Gasteiger partial charge < -0.3 is 20.7 Å². The van der Waals surface area contributed by atoms with E-state index in [1.807, 2.05) is 11.8 Å². The van der Waals surface area contributed by atoms with Gasteiger partial charge in [-0.25, -0.2) is 0 Å². The van der Waals surface area contributed by atoms with Gasteiger partial charge in [0.2, 0.25) is 0 Å². The molecule has 3 N–H and O–H groups in total. The standard InChI is InChI=1S/C17H28N4O2S.HI/c1-18-17(20-10-4-5-13-24-3)21-12-11-19-16(22)14-6-8-15(23-2)9-7-14;/h6-9H,4-5,10-13H2,1-3H3,(H,19,22)(H2,18,20,21);1H. The number of nitrogens with zero attached hydrogens (tertiary/aromatic N) is 1. The van der Waals surface area contributed by atoms with Crippen molar-refractivity contribution in [1.29, 1.82) is 0 Å². The van der Waals surface area contributed by atoms with Crippen molar-refractivity contribution in [2.45, 2.75) is 12.8 Å². The van der Waals surface area contributed by atoms with E-state index < -0.39 is 0 Å². The van der Waals surface area contributed by atoms with Crippen LogP contribution in [0.4, 0.5) is 0 Å². The highest BCUT2D eigenvalue weighted by Gasteiger charge is 2.04. The van der Waals surface area contributed by atoms with Crippen LogP contribution in [0.25, 0.3) is 0 Å². The number of amides is 1. The van der Waals surface area contributed by atoms with Gasteiger partial charge in [-0.05, 0) is 49.1 Å². The van der Waals surface area contributed by atoms with Crippen LogP contribution < -0.4 is 20.7 Å². The zero-order valence-corrected chi connectivity index (χ0v) is 18.3. The molecule has 25 heavy (non-hydrogen) atoms. The summed E-state index contributed by atoms with van der Waals surface area (Å²) in [4.78, 5) is 16.2. The molecule has 1 rings (SSSR count). The number of thioether (sulfide) groups is 1. The van der Waals surface area contributed by atoms with Gasteiger partial charge in [0, 0.05) is 32.2 Å². The average Bonchev–Trinajstić information content (AvgIpc) is 2.63. The van der Waals surface area contributed by atoms with Crippen LogP contribution in [0.1, 0.15) is 23.2 Å². The average molecular weight is 480 g/mol. The van der Waals surface area contributed by atoms with Gasteiger partial charge in [-0.15, -0.1) is 24.0 Å². The van der Waals surface area contributed by atoms with Crippen LogP contribution in [0.3, 0.4) is 0 Å². The number of benzene rings is 1. The summed E-state index contributed by atoms with van der Waals surface area (Å²) in [5.41, 5.74) is 0.618. The number of rotatable bonds is 10. The van der Waals surface area contributed by atoms with E-state index in [1.165, 1.54) is 12.2 Å². The number of unbranched alkanes of at least 4 members (excludes halogenated alkanes) is 1. The Morgan fingerprint density at radius 1 is 1.08 bits per heavy atom. The Hall–Kier alpha value is -1.16. The Balaban J connectivity index is 0.00000576. The molecule has 0 atom stereocenters. The first-order valence-corrected chi connectivity index (χ1v) is 9.46. The Labute approximate surface area is 172 Å². The largest absolute Gasteiger partial charge is 0.497 e. The minimum Gasteiger partial charge on any atom is -0.497 e. The Morgan fingerprint density at radius 2 is 1.72 bits per heavy atom. The van der Waals surface area contributed by atoms with Gasteiger partial charge in [-0.1, -0.05) is 0 Å². The van der Waals surface area contributed by atoms with Crippen LogP contribution in [0.15, 0.2) is 29.3 Å². The molecule has 0 aliphatic heterocycles. The molecule has 1 aromatic rings. The van der Waals surface area contributed by atoms with E-state index in [9.17, 15) is 4.79 Å². The Kier molecular flexibility index (Phi) is 14.4. The molecule has 142 valence electrons. The molecule has 0 saturated heterocycles. The third-order valence-electron chi connectivity index (χ3n) is 3.35. The van der Waals surface area contributed by atoms with Crippen molar-refractivity contribution < 1.29 is 9.53 Å². The first-order valence-electron chi connectivity index (χ1n) is 8.07. The molecule has 0 aliphatic rings. The van der Waals surface area contributed by atoms with Gasteiger partial charge in [-0.3, -0.25) is 9.79 Å². The molecular weight excluding hydrogens is 451 g/mol. The topological polar surface area (TPSA) is 74.8 Å². The summed E-state index contributed by atoms with van der Waals surface area (Å²) in [5, 5.41) is 9.32. The van der Waals surface area contributed by atoms with Crippen LogP contribution >= 0.6 is 35.7 Å². The predicted molar refractivity (Wildman–Crippen MR) is 118 cm³/mol.